The minimum absolute atomic E-state index is 0.0219. The van der Waals surface area contributed by atoms with E-state index in [0.29, 0.717) is 5.17 Å². The van der Waals surface area contributed by atoms with Gasteiger partial charge in [0.25, 0.3) is 5.91 Å². The molecular weight excluding hydrogens is 300 g/mol. The van der Waals surface area contributed by atoms with Crippen molar-refractivity contribution >= 4 is 29.1 Å². The number of rotatable bonds is 1. The molecule has 0 atom stereocenters. The zero-order valence-corrected chi connectivity index (χ0v) is 13.2. The summed E-state index contributed by atoms with van der Waals surface area (Å²) in [5.74, 6) is -0.0381. The maximum absolute atomic E-state index is 12.2. The number of carbonyl (C=O) groups excluding carboxylic acids is 1. The number of nitrogens with zero attached hydrogens (tertiary/aromatic N) is 4. The number of hydroxylamine groups is 2. The summed E-state index contributed by atoms with van der Waals surface area (Å²) in [6.07, 6.45) is 10.1. The number of hydrogen-bond acceptors (Lipinski definition) is 5. The quantitative estimate of drug-likeness (QED) is 0.801. The lowest BCUT2D eigenvalue weighted by atomic mass is 9.97. The van der Waals surface area contributed by atoms with E-state index in [0.717, 1.165) is 41.5 Å². The molecule has 3 aliphatic heterocycles. The Morgan fingerprint density at radius 2 is 2.05 bits per heavy atom. The minimum atomic E-state index is -0.0599. The Hall–Kier alpha value is -1.70. The van der Waals surface area contributed by atoms with Crippen LogP contribution in [0.1, 0.15) is 12.8 Å². The lowest BCUT2D eigenvalue weighted by molar-refractivity contribution is -0.122. The second-order valence-electron chi connectivity index (χ2n) is 5.50. The van der Waals surface area contributed by atoms with Gasteiger partial charge in [-0.3, -0.25) is 10.0 Å². The molecule has 7 heteroatoms. The maximum Gasteiger partial charge on any atom is 0.251 e. The standard InChI is InChI=1S/C15H18N4O2S/c1-18-6-2-12(3-7-18)14(20)17-15-16-10-13(22-15)11-4-8-19(21)9-5-11/h4-5,8-10,12,21H,2-3,6-7H2,1H3. The molecule has 3 aliphatic rings. The van der Waals surface area contributed by atoms with Crippen LogP contribution in [0.4, 0.5) is 0 Å². The Labute approximate surface area is 133 Å². The second-order valence-corrected chi connectivity index (χ2v) is 6.51. The summed E-state index contributed by atoms with van der Waals surface area (Å²) < 4.78 is 0. The van der Waals surface area contributed by atoms with E-state index in [4.69, 9.17) is 0 Å². The van der Waals surface area contributed by atoms with Gasteiger partial charge in [-0.25, -0.2) is 10.1 Å². The predicted molar refractivity (Wildman–Crippen MR) is 87.7 cm³/mol. The van der Waals surface area contributed by atoms with Gasteiger partial charge in [0.05, 0.1) is 0 Å². The Morgan fingerprint density at radius 3 is 2.73 bits per heavy atom. The van der Waals surface area contributed by atoms with Crippen LogP contribution in [0.2, 0.25) is 0 Å². The molecule has 0 bridgehead atoms. The molecule has 0 aliphatic carbocycles. The van der Waals surface area contributed by atoms with E-state index in [-0.39, 0.29) is 11.8 Å². The smallest absolute Gasteiger partial charge is 0.251 e. The number of carbonyl (C=O) groups is 1. The van der Waals surface area contributed by atoms with Gasteiger partial charge >= 0.3 is 0 Å². The highest BCUT2D eigenvalue weighted by atomic mass is 32.2. The minimum Gasteiger partial charge on any atom is -0.306 e. The average molecular weight is 318 g/mol. The maximum atomic E-state index is 12.2. The summed E-state index contributed by atoms with van der Waals surface area (Å²) in [6, 6.07) is 0. The Morgan fingerprint density at radius 1 is 1.36 bits per heavy atom. The number of amides is 1. The monoisotopic (exact) mass is 318 g/mol. The molecule has 116 valence electrons. The number of piperidine rings is 1. The van der Waals surface area contributed by atoms with E-state index >= 15 is 0 Å². The van der Waals surface area contributed by atoms with E-state index < -0.39 is 0 Å². The van der Waals surface area contributed by atoms with Crippen molar-refractivity contribution in [3.63, 3.8) is 0 Å². The van der Waals surface area contributed by atoms with Crippen LogP contribution < -0.4 is 0 Å². The third-order valence-electron chi connectivity index (χ3n) is 3.87. The molecule has 0 aromatic rings. The highest BCUT2D eigenvalue weighted by Gasteiger charge is 2.24. The van der Waals surface area contributed by atoms with Crippen molar-refractivity contribution < 1.29 is 10.0 Å². The van der Waals surface area contributed by atoms with E-state index in [9.17, 15) is 10.0 Å². The van der Waals surface area contributed by atoms with Gasteiger partial charge in [-0.2, -0.15) is 4.99 Å². The Balaban J connectivity index is 1.64. The summed E-state index contributed by atoms with van der Waals surface area (Å²) in [7, 11) is 2.07. The van der Waals surface area contributed by atoms with Gasteiger partial charge in [-0.15, -0.1) is 0 Å². The van der Waals surface area contributed by atoms with Crippen molar-refractivity contribution in [1.29, 1.82) is 0 Å². The molecule has 1 fully saturated rings. The zero-order chi connectivity index (χ0) is 15.5. The Bertz CT molecular complexity index is 597. The van der Waals surface area contributed by atoms with Gasteiger partial charge in [-0.1, -0.05) is 0 Å². The highest BCUT2D eigenvalue weighted by molar-refractivity contribution is 8.18. The first kappa shape index (κ1) is 15.2. The summed E-state index contributed by atoms with van der Waals surface area (Å²) in [5.41, 5.74) is 0.941. The summed E-state index contributed by atoms with van der Waals surface area (Å²) in [6.45, 7) is 1.89. The number of amidine groups is 1. The van der Waals surface area contributed by atoms with Gasteiger partial charge in [0.1, 0.15) is 0 Å². The van der Waals surface area contributed by atoms with E-state index in [2.05, 4.69) is 21.9 Å². The normalized spacial score (nSPS) is 24.8. The van der Waals surface area contributed by atoms with Gasteiger partial charge in [-0.05, 0) is 62.5 Å². The van der Waals surface area contributed by atoms with Crippen LogP contribution in [0.25, 0.3) is 0 Å². The van der Waals surface area contributed by atoms with Gasteiger partial charge in [0, 0.05) is 29.4 Å². The number of likely N-dealkylation sites (tertiary alicyclic amines) is 1. The molecule has 0 saturated carbocycles. The van der Waals surface area contributed by atoms with Gasteiger partial charge in [0.2, 0.25) is 0 Å². The predicted octanol–water partition coefficient (Wildman–Crippen LogP) is 2.01. The van der Waals surface area contributed by atoms with Crippen LogP contribution >= 0.6 is 11.8 Å². The molecule has 3 rings (SSSR count). The summed E-state index contributed by atoms with van der Waals surface area (Å²) in [4.78, 5) is 23.7. The molecule has 22 heavy (non-hydrogen) atoms. The SMILES string of the molecule is CN1CCC(C(=O)N=C2N=CC(=C3C=CN(O)C=C3)S2)CC1. The van der Waals surface area contributed by atoms with Crippen molar-refractivity contribution in [2.45, 2.75) is 12.8 Å². The first-order valence-corrected chi connectivity index (χ1v) is 8.04. The van der Waals surface area contributed by atoms with Crippen molar-refractivity contribution in [3.05, 3.63) is 35.0 Å². The number of hydrogen-bond donors (Lipinski definition) is 1. The van der Waals surface area contributed by atoms with Crippen LogP contribution in [-0.2, 0) is 4.79 Å². The molecule has 1 N–H and O–H groups in total. The summed E-state index contributed by atoms with van der Waals surface area (Å²) in [5, 5.41) is 10.7. The molecule has 0 unspecified atom stereocenters. The highest BCUT2D eigenvalue weighted by Crippen LogP contribution is 2.29. The number of aliphatic imine (C=N–C) groups is 2. The molecule has 0 aromatic heterocycles. The number of thioether (sulfide) groups is 1. The van der Waals surface area contributed by atoms with Gasteiger partial charge < -0.3 is 4.90 Å². The van der Waals surface area contributed by atoms with Crippen molar-refractivity contribution in [2.24, 2.45) is 15.9 Å². The van der Waals surface area contributed by atoms with Crippen LogP contribution in [-0.4, -0.2) is 52.6 Å². The molecule has 1 saturated heterocycles. The molecule has 6 nitrogen and oxygen atoms in total. The van der Waals surface area contributed by atoms with E-state index in [1.54, 1.807) is 30.8 Å². The average Bonchev–Trinajstić information content (AvgIpc) is 2.97. The molecule has 0 spiro atoms. The first-order valence-electron chi connectivity index (χ1n) is 7.23. The third-order valence-corrected chi connectivity index (χ3v) is 4.81. The molecular formula is C15H18N4O2S. The fourth-order valence-electron chi connectivity index (χ4n) is 2.47. The van der Waals surface area contributed by atoms with Crippen molar-refractivity contribution in [1.82, 2.24) is 9.96 Å². The van der Waals surface area contributed by atoms with E-state index in [1.165, 1.54) is 11.8 Å². The second kappa shape index (κ2) is 6.60. The van der Waals surface area contributed by atoms with Crippen LogP contribution in [0.15, 0.2) is 45.0 Å². The fourth-order valence-corrected chi connectivity index (χ4v) is 3.27. The van der Waals surface area contributed by atoms with Crippen LogP contribution in [0, 0.1) is 5.92 Å². The number of allylic oxidation sites excluding steroid dienone is 4. The molecule has 0 aromatic carbocycles. The summed E-state index contributed by atoms with van der Waals surface area (Å²) >= 11 is 1.38. The molecule has 1 amide bonds. The Kier molecular flexibility index (Phi) is 4.56. The zero-order valence-electron chi connectivity index (χ0n) is 12.3. The third kappa shape index (κ3) is 3.55. The van der Waals surface area contributed by atoms with Crippen LogP contribution in [0.5, 0.6) is 0 Å². The van der Waals surface area contributed by atoms with Crippen molar-refractivity contribution in [2.75, 3.05) is 20.1 Å². The molecule has 0 radical (unpaired) electrons. The lowest BCUT2D eigenvalue weighted by Crippen LogP contribution is -2.33. The topological polar surface area (TPSA) is 68.5 Å². The van der Waals surface area contributed by atoms with Crippen LogP contribution in [0.3, 0.4) is 0 Å². The fraction of sp³-hybridized carbons (Fsp3) is 0.400. The largest absolute Gasteiger partial charge is 0.306 e. The van der Waals surface area contributed by atoms with E-state index in [1.807, 2.05) is 0 Å². The first-order chi connectivity index (χ1) is 10.6. The lowest BCUT2D eigenvalue weighted by Gasteiger charge is -2.26. The molecule has 3 heterocycles. The van der Waals surface area contributed by atoms with Gasteiger partial charge in [0.15, 0.2) is 5.17 Å². The van der Waals surface area contributed by atoms with Crippen molar-refractivity contribution in [3.8, 4) is 0 Å².